The number of nitrogens with zero attached hydrogens (tertiary/aromatic N) is 2. The van der Waals surface area contributed by atoms with E-state index in [0.29, 0.717) is 0 Å². The standard InChI is InChI=1S/2C64H49NO/c1-2-11-43(12-3-1)44-23-28-53(29-24-44)65(60-20-10-22-62-63(60)56-18-5-7-21-61(56)66-62)54-30-25-45(26-31-54)46-13-8-14-47(38-46)48-15-9-16-49(39-48)50-27-32-59-57(40-50)55-17-4-6-19-58(55)64(59)51-34-41-33-42(36-51)37-52(64)35-41;1-2-10-43(11-3-1)45-22-27-51(28-23-45)65(53-31-32-58-57-15-7-9-17-62(57)66-63(58)40-53)52-29-24-46(25-30-52)44-18-20-47(21-19-44)54-12-4-5-13-55(54)48-26-33-61-59(39-48)56-14-6-8-16-60(56)64(61)49-35-41-34-42(37-49)38-50(64)36-41/h1-32,38-42,51-52H,33-37H2;1-33,39-42,49-50H,34-38H2. The third-order valence-electron chi connectivity index (χ3n) is 32.6. The van der Waals surface area contributed by atoms with Crippen LogP contribution in [-0.2, 0) is 10.8 Å². The molecule has 8 bridgehead atoms. The first-order chi connectivity index (χ1) is 65.3. The fraction of sp³-hybridized carbons (Fsp3) is 0.156. The number of fused-ring (bicyclic) bond motifs is 12. The molecule has 10 aliphatic carbocycles. The van der Waals surface area contributed by atoms with Crippen LogP contribution in [-0.4, -0.2) is 0 Å². The van der Waals surface area contributed by atoms with Crippen molar-refractivity contribution in [3.63, 3.8) is 0 Å². The van der Waals surface area contributed by atoms with Crippen LogP contribution in [0.5, 0.6) is 0 Å². The predicted octanol–water partition coefficient (Wildman–Crippen LogP) is 34.9. The Balaban J connectivity index is 0.000000135. The molecular weight excluding hydrogens is 1600 g/mol. The van der Waals surface area contributed by atoms with E-state index >= 15 is 0 Å². The maximum absolute atomic E-state index is 6.39. The number of hydrogen-bond acceptors (Lipinski definition) is 4. The molecule has 20 aromatic rings. The van der Waals surface area contributed by atoms with Crippen LogP contribution in [0.3, 0.4) is 0 Å². The van der Waals surface area contributed by atoms with E-state index in [0.717, 1.165) is 125 Å². The summed E-state index contributed by atoms with van der Waals surface area (Å²) in [6.07, 6.45) is 14.3. The number of para-hydroxylation sites is 2. The van der Waals surface area contributed by atoms with Gasteiger partial charge in [-0.05, 0) is 354 Å². The minimum atomic E-state index is 0.196. The minimum absolute atomic E-state index is 0.196. The summed E-state index contributed by atoms with van der Waals surface area (Å²) in [6.45, 7) is 0. The smallest absolute Gasteiger partial charge is 0.137 e. The highest BCUT2D eigenvalue weighted by Crippen LogP contribution is 2.72. The van der Waals surface area contributed by atoms with E-state index in [1.54, 1.807) is 22.3 Å². The van der Waals surface area contributed by atoms with E-state index < -0.39 is 0 Å². The first-order valence-electron chi connectivity index (χ1n) is 48.1. The maximum Gasteiger partial charge on any atom is 0.137 e. The second-order valence-electron chi connectivity index (χ2n) is 39.4. The Morgan fingerprint density at radius 3 is 0.992 bits per heavy atom. The molecule has 2 spiro atoms. The van der Waals surface area contributed by atoms with Crippen molar-refractivity contribution in [2.45, 2.75) is 75.0 Å². The number of benzene rings is 18. The van der Waals surface area contributed by atoms with Gasteiger partial charge in [-0.2, -0.15) is 0 Å². The van der Waals surface area contributed by atoms with E-state index in [-0.39, 0.29) is 10.8 Å². The SMILES string of the molecule is c1ccc(-c2ccc(N(c3ccc(-c4ccc(-c5ccccc5-c5ccc6c(c5)-c5ccccc5C65C6CC7CC(C6)CC5C7)cc4)cc3)c3ccc4c(c3)oc3ccccc34)cc2)cc1.c1ccc(-c2ccc(N(c3ccc(-c4cccc(-c5cccc(-c6ccc7c(c6)-c6ccccc6C76C7CC8CC(C7)CC6C8)c5)c4)cc3)c3cccc4oc5ccccc5c34)cc2)cc1. The third-order valence-corrected chi connectivity index (χ3v) is 32.6. The highest BCUT2D eigenvalue weighted by atomic mass is 16.3. The molecule has 4 nitrogen and oxygen atoms in total. The van der Waals surface area contributed by atoms with Crippen LogP contribution < -0.4 is 9.80 Å². The molecule has 30 rings (SSSR count). The predicted molar refractivity (Wildman–Crippen MR) is 547 cm³/mol. The molecule has 18 aromatic carbocycles. The summed E-state index contributed by atoms with van der Waals surface area (Å²) in [7, 11) is 0. The highest BCUT2D eigenvalue weighted by Gasteiger charge is 2.63. The Hall–Kier alpha value is -14.8. The molecule has 8 saturated carbocycles. The quantitative estimate of drug-likeness (QED) is 0.109. The molecule has 2 aromatic heterocycles. The fourth-order valence-electron chi connectivity index (χ4n) is 27.4. The normalized spacial score (nSPS) is 21.1. The van der Waals surface area contributed by atoms with Crippen LogP contribution in [0, 0.1) is 47.3 Å². The molecule has 10 aliphatic rings. The molecule has 0 unspecified atom stereocenters. The van der Waals surface area contributed by atoms with Crippen molar-refractivity contribution < 1.29 is 8.83 Å². The van der Waals surface area contributed by atoms with Crippen LogP contribution in [0.25, 0.3) is 155 Å². The summed E-state index contributed by atoms with van der Waals surface area (Å²) in [6, 6.07) is 157. The van der Waals surface area contributed by atoms with Crippen LogP contribution in [0.1, 0.15) is 86.5 Å². The van der Waals surface area contributed by atoms with Crippen molar-refractivity contribution in [2.24, 2.45) is 47.3 Å². The Morgan fingerprint density at radius 2 is 0.492 bits per heavy atom. The summed E-state index contributed by atoms with van der Waals surface area (Å²) in [5.74, 6) is 6.90. The molecule has 0 radical (unpaired) electrons. The summed E-state index contributed by atoms with van der Waals surface area (Å²) >= 11 is 0. The zero-order valence-electron chi connectivity index (χ0n) is 73.8. The van der Waals surface area contributed by atoms with Gasteiger partial charge in [-0.25, -0.2) is 0 Å². The van der Waals surface area contributed by atoms with E-state index in [9.17, 15) is 0 Å². The van der Waals surface area contributed by atoms with Gasteiger partial charge in [0.15, 0.2) is 0 Å². The topological polar surface area (TPSA) is 32.8 Å². The molecule has 4 heteroatoms. The summed E-state index contributed by atoms with van der Waals surface area (Å²) in [5.41, 5.74) is 42.5. The van der Waals surface area contributed by atoms with E-state index in [1.807, 2.05) is 18.2 Å². The average molecular weight is 1700 g/mol. The van der Waals surface area contributed by atoms with E-state index in [2.05, 4.69) is 416 Å². The van der Waals surface area contributed by atoms with Crippen molar-refractivity contribution in [1.29, 1.82) is 0 Å². The lowest BCUT2D eigenvalue weighted by atomic mass is 9.43. The lowest BCUT2D eigenvalue weighted by molar-refractivity contribution is -0.0399. The molecule has 8 fully saturated rings. The Labute approximate surface area is 771 Å². The van der Waals surface area contributed by atoms with Gasteiger partial charge in [-0.15, -0.1) is 0 Å². The van der Waals surface area contributed by atoms with Crippen LogP contribution in [0.15, 0.2) is 433 Å². The van der Waals surface area contributed by atoms with Crippen molar-refractivity contribution in [3.05, 3.63) is 447 Å². The van der Waals surface area contributed by atoms with Gasteiger partial charge in [-0.1, -0.05) is 309 Å². The lowest BCUT2D eigenvalue weighted by Crippen LogP contribution is -2.55. The van der Waals surface area contributed by atoms with Gasteiger partial charge >= 0.3 is 0 Å². The Kier molecular flexibility index (Phi) is 18.1. The second kappa shape index (κ2) is 30.9. The monoisotopic (exact) mass is 1690 g/mol. The molecular formula is C128H98N2O2. The zero-order valence-corrected chi connectivity index (χ0v) is 73.8. The second-order valence-corrected chi connectivity index (χ2v) is 39.4. The van der Waals surface area contributed by atoms with Crippen molar-refractivity contribution in [3.8, 4) is 111 Å². The molecule has 0 saturated heterocycles. The van der Waals surface area contributed by atoms with Gasteiger partial charge in [0, 0.05) is 61.5 Å². The van der Waals surface area contributed by atoms with Crippen molar-refractivity contribution in [1.82, 2.24) is 0 Å². The molecule has 132 heavy (non-hydrogen) atoms. The van der Waals surface area contributed by atoms with Crippen molar-refractivity contribution in [2.75, 3.05) is 9.80 Å². The number of rotatable bonds is 14. The number of furan rings is 2. The summed E-state index contributed by atoms with van der Waals surface area (Å²) < 4.78 is 12.8. The summed E-state index contributed by atoms with van der Waals surface area (Å²) in [5, 5.41) is 4.48. The Bertz CT molecular complexity index is 7840. The fourth-order valence-corrected chi connectivity index (χ4v) is 27.4. The van der Waals surface area contributed by atoms with Gasteiger partial charge < -0.3 is 18.6 Å². The van der Waals surface area contributed by atoms with E-state index in [1.165, 1.54) is 175 Å². The number of anilines is 6. The van der Waals surface area contributed by atoms with E-state index in [4.69, 9.17) is 8.83 Å². The van der Waals surface area contributed by atoms with Gasteiger partial charge in [0.05, 0.1) is 11.1 Å². The van der Waals surface area contributed by atoms with Crippen LogP contribution in [0.2, 0.25) is 0 Å². The largest absolute Gasteiger partial charge is 0.456 e. The average Bonchev–Trinajstić information content (AvgIpc) is 1.52. The van der Waals surface area contributed by atoms with Crippen LogP contribution in [0.4, 0.5) is 34.1 Å². The lowest BCUT2D eigenvalue weighted by Gasteiger charge is -2.61. The molecule has 632 valence electrons. The van der Waals surface area contributed by atoms with Gasteiger partial charge in [0.25, 0.3) is 0 Å². The molecule has 0 atom stereocenters. The summed E-state index contributed by atoms with van der Waals surface area (Å²) in [4.78, 5) is 4.69. The van der Waals surface area contributed by atoms with Crippen molar-refractivity contribution >= 4 is 78.0 Å². The highest BCUT2D eigenvalue weighted by molar-refractivity contribution is 6.14. The zero-order chi connectivity index (χ0) is 86.7. The van der Waals surface area contributed by atoms with Gasteiger partial charge in [-0.3, -0.25) is 0 Å². The molecule has 0 N–H and O–H groups in total. The number of hydrogen-bond donors (Lipinski definition) is 0. The minimum Gasteiger partial charge on any atom is -0.456 e. The molecule has 0 amide bonds. The first-order valence-corrected chi connectivity index (χ1v) is 48.1. The van der Waals surface area contributed by atoms with Gasteiger partial charge in [0.2, 0.25) is 0 Å². The van der Waals surface area contributed by atoms with Crippen LogP contribution >= 0.6 is 0 Å². The third kappa shape index (κ3) is 12.5. The first kappa shape index (κ1) is 77.1. The molecule has 0 aliphatic heterocycles. The maximum atomic E-state index is 6.39. The Morgan fingerprint density at radius 1 is 0.182 bits per heavy atom. The molecule has 2 heterocycles. The van der Waals surface area contributed by atoms with Gasteiger partial charge in [0.1, 0.15) is 22.3 Å².